The Kier molecular flexibility index (Phi) is 6.20. The lowest BCUT2D eigenvalue weighted by atomic mass is 10.0. The Hall–Kier alpha value is -4.90. The van der Waals surface area contributed by atoms with Gasteiger partial charge in [-0.2, -0.15) is 18.3 Å². The number of aryl methyl sites for hydroxylation is 1. The number of imidazole rings is 1. The van der Waals surface area contributed by atoms with Gasteiger partial charge < -0.3 is 5.32 Å². The molecule has 2 heterocycles. The van der Waals surface area contributed by atoms with Crippen LogP contribution in [0.1, 0.15) is 32.7 Å². The standard InChI is InChI=1S/C29H19F3N4O/c1-19-9-10-22(14-21(19)11-12-26-18-33-27-8-5-13-34-36(26)27)28(37)35-25-16-23(20-6-3-2-4-7-20)15-24(17-25)29(30,31)32/h2-10,13-18H,1H3,(H,35,37). The van der Waals surface area contributed by atoms with Gasteiger partial charge in [-0.15, -0.1) is 0 Å². The molecular weight excluding hydrogens is 477 g/mol. The van der Waals surface area contributed by atoms with Crippen LogP contribution in [0.2, 0.25) is 0 Å². The highest BCUT2D eigenvalue weighted by atomic mass is 19.4. The van der Waals surface area contributed by atoms with Crippen molar-refractivity contribution in [3.05, 3.63) is 119 Å². The minimum absolute atomic E-state index is 0.0451. The average Bonchev–Trinajstić information content (AvgIpc) is 3.31. The molecule has 1 amide bonds. The highest BCUT2D eigenvalue weighted by molar-refractivity contribution is 6.05. The van der Waals surface area contributed by atoms with Crippen LogP contribution < -0.4 is 5.32 Å². The van der Waals surface area contributed by atoms with E-state index in [2.05, 4.69) is 27.2 Å². The van der Waals surface area contributed by atoms with Gasteiger partial charge in [0.1, 0.15) is 5.69 Å². The number of amides is 1. The fraction of sp³-hybridized carbons (Fsp3) is 0.0690. The number of carbonyl (C=O) groups is 1. The van der Waals surface area contributed by atoms with E-state index >= 15 is 0 Å². The molecule has 0 aliphatic carbocycles. The SMILES string of the molecule is Cc1ccc(C(=O)Nc2cc(-c3ccccc3)cc(C(F)(F)F)c2)cc1C#Cc1cnc2cccnn12. The van der Waals surface area contributed by atoms with Crippen molar-refractivity contribution in [3.63, 3.8) is 0 Å². The molecule has 182 valence electrons. The monoisotopic (exact) mass is 496 g/mol. The summed E-state index contributed by atoms with van der Waals surface area (Å²) in [7, 11) is 0. The van der Waals surface area contributed by atoms with E-state index in [1.165, 1.54) is 6.07 Å². The van der Waals surface area contributed by atoms with Gasteiger partial charge in [0.15, 0.2) is 5.65 Å². The number of aromatic nitrogens is 3. The van der Waals surface area contributed by atoms with Crippen LogP contribution in [-0.4, -0.2) is 20.5 Å². The van der Waals surface area contributed by atoms with Crippen molar-refractivity contribution < 1.29 is 18.0 Å². The number of hydrogen-bond acceptors (Lipinski definition) is 3. The van der Waals surface area contributed by atoms with Crippen LogP contribution >= 0.6 is 0 Å². The summed E-state index contributed by atoms with van der Waals surface area (Å²) in [6, 6.07) is 20.8. The van der Waals surface area contributed by atoms with E-state index in [9.17, 15) is 18.0 Å². The molecule has 0 fully saturated rings. The van der Waals surface area contributed by atoms with Crippen molar-refractivity contribution in [1.29, 1.82) is 0 Å². The molecule has 0 aliphatic heterocycles. The predicted molar refractivity (Wildman–Crippen MR) is 135 cm³/mol. The molecule has 0 saturated heterocycles. The van der Waals surface area contributed by atoms with Gasteiger partial charge in [-0.3, -0.25) is 4.79 Å². The Bertz CT molecular complexity index is 1680. The molecule has 0 unspecified atom stereocenters. The van der Waals surface area contributed by atoms with Crippen LogP contribution in [0.4, 0.5) is 18.9 Å². The van der Waals surface area contributed by atoms with Crippen molar-refractivity contribution in [2.75, 3.05) is 5.32 Å². The quantitative estimate of drug-likeness (QED) is 0.295. The number of rotatable bonds is 3. The number of hydrogen-bond donors (Lipinski definition) is 1. The first-order valence-electron chi connectivity index (χ1n) is 11.3. The van der Waals surface area contributed by atoms with Gasteiger partial charge in [0.05, 0.1) is 11.8 Å². The summed E-state index contributed by atoms with van der Waals surface area (Å²) in [6.45, 7) is 1.86. The highest BCUT2D eigenvalue weighted by Gasteiger charge is 2.31. The first-order valence-corrected chi connectivity index (χ1v) is 11.3. The zero-order valence-corrected chi connectivity index (χ0v) is 19.5. The van der Waals surface area contributed by atoms with Crippen molar-refractivity contribution in [3.8, 4) is 23.0 Å². The van der Waals surface area contributed by atoms with Crippen LogP contribution in [0.3, 0.4) is 0 Å². The van der Waals surface area contributed by atoms with Crippen LogP contribution in [-0.2, 0) is 6.18 Å². The van der Waals surface area contributed by atoms with E-state index in [1.807, 2.05) is 13.0 Å². The average molecular weight is 496 g/mol. The second-order valence-corrected chi connectivity index (χ2v) is 8.33. The maximum absolute atomic E-state index is 13.6. The molecule has 37 heavy (non-hydrogen) atoms. The molecule has 0 spiro atoms. The molecule has 5 rings (SSSR count). The van der Waals surface area contributed by atoms with Gasteiger partial charge in [0, 0.05) is 23.0 Å². The van der Waals surface area contributed by atoms with Crippen molar-refractivity contribution in [2.24, 2.45) is 0 Å². The zero-order chi connectivity index (χ0) is 26.0. The van der Waals surface area contributed by atoms with E-state index in [0.29, 0.717) is 28.0 Å². The Morgan fingerprint density at radius 2 is 1.73 bits per heavy atom. The highest BCUT2D eigenvalue weighted by Crippen LogP contribution is 2.35. The van der Waals surface area contributed by atoms with Crippen molar-refractivity contribution in [2.45, 2.75) is 13.1 Å². The van der Waals surface area contributed by atoms with Crippen LogP contribution in [0.5, 0.6) is 0 Å². The van der Waals surface area contributed by atoms with E-state index in [-0.39, 0.29) is 11.3 Å². The normalized spacial score (nSPS) is 11.1. The number of alkyl halides is 3. The molecule has 5 aromatic rings. The van der Waals surface area contributed by atoms with Crippen LogP contribution in [0.25, 0.3) is 16.8 Å². The first-order chi connectivity index (χ1) is 17.8. The number of nitrogens with one attached hydrogen (secondary N) is 1. The summed E-state index contributed by atoms with van der Waals surface area (Å²) < 4.78 is 42.4. The fourth-order valence-corrected chi connectivity index (χ4v) is 3.81. The predicted octanol–water partition coefficient (Wildman–Crippen LogP) is 6.38. The number of benzene rings is 3. The lowest BCUT2D eigenvalue weighted by molar-refractivity contribution is -0.137. The van der Waals surface area contributed by atoms with Crippen LogP contribution in [0, 0.1) is 18.8 Å². The van der Waals surface area contributed by atoms with Gasteiger partial charge in [-0.1, -0.05) is 42.3 Å². The van der Waals surface area contributed by atoms with Gasteiger partial charge in [-0.05, 0) is 72.0 Å². The Morgan fingerprint density at radius 3 is 2.51 bits per heavy atom. The molecule has 2 aromatic heterocycles. The topological polar surface area (TPSA) is 59.3 Å². The minimum atomic E-state index is -4.57. The summed E-state index contributed by atoms with van der Waals surface area (Å²) in [5.41, 5.74) is 3.12. The second-order valence-electron chi connectivity index (χ2n) is 8.33. The van der Waals surface area contributed by atoms with Crippen molar-refractivity contribution in [1.82, 2.24) is 14.6 Å². The number of nitrogens with zero attached hydrogens (tertiary/aromatic N) is 3. The smallest absolute Gasteiger partial charge is 0.322 e. The molecule has 0 atom stereocenters. The summed E-state index contributed by atoms with van der Waals surface area (Å²) in [5.74, 6) is 5.52. The Morgan fingerprint density at radius 1 is 0.919 bits per heavy atom. The van der Waals surface area contributed by atoms with E-state index < -0.39 is 17.6 Å². The Labute approximate surface area is 210 Å². The molecule has 5 nitrogen and oxygen atoms in total. The molecule has 0 bridgehead atoms. The molecule has 1 N–H and O–H groups in total. The molecular formula is C29H19F3N4O. The summed E-state index contributed by atoms with van der Waals surface area (Å²) >= 11 is 0. The molecule has 0 saturated carbocycles. The third-order valence-corrected chi connectivity index (χ3v) is 5.73. The van der Waals surface area contributed by atoms with Crippen molar-refractivity contribution >= 4 is 17.2 Å². The van der Waals surface area contributed by atoms with E-state index in [4.69, 9.17) is 0 Å². The maximum Gasteiger partial charge on any atom is 0.416 e. The lowest BCUT2D eigenvalue weighted by Gasteiger charge is -2.14. The van der Waals surface area contributed by atoms with Gasteiger partial charge in [-0.25, -0.2) is 9.50 Å². The van der Waals surface area contributed by atoms with Gasteiger partial charge in [0.2, 0.25) is 0 Å². The largest absolute Gasteiger partial charge is 0.416 e. The third-order valence-electron chi connectivity index (χ3n) is 5.73. The first kappa shape index (κ1) is 23.8. The maximum atomic E-state index is 13.6. The van der Waals surface area contributed by atoms with Crippen LogP contribution in [0.15, 0.2) is 91.3 Å². The second kappa shape index (κ2) is 9.63. The number of carbonyl (C=O) groups excluding carboxylic acids is 1. The third kappa shape index (κ3) is 5.21. The number of anilines is 1. The number of fused-ring (bicyclic) bond motifs is 1. The molecule has 8 heteroatoms. The number of halogens is 3. The van der Waals surface area contributed by atoms with E-state index in [1.54, 1.807) is 71.5 Å². The molecule has 0 aliphatic rings. The molecule has 0 radical (unpaired) electrons. The zero-order valence-electron chi connectivity index (χ0n) is 19.5. The summed E-state index contributed by atoms with van der Waals surface area (Å²) in [5, 5.41) is 6.84. The van der Waals surface area contributed by atoms with E-state index in [0.717, 1.165) is 17.7 Å². The summed E-state index contributed by atoms with van der Waals surface area (Å²) in [6.07, 6.45) is -1.32. The van der Waals surface area contributed by atoms with Gasteiger partial charge in [0.25, 0.3) is 5.91 Å². The molecule has 3 aromatic carbocycles. The fourth-order valence-electron chi connectivity index (χ4n) is 3.81. The minimum Gasteiger partial charge on any atom is -0.322 e. The van der Waals surface area contributed by atoms with Gasteiger partial charge >= 0.3 is 6.18 Å². The lowest BCUT2D eigenvalue weighted by Crippen LogP contribution is -2.14. The summed E-state index contributed by atoms with van der Waals surface area (Å²) in [4.78, 5) is 17.3. The Balaban J connectivity index is 1.45.